The highest BCUT2D eigenvalue weighted by atomic mass is 19.4. The van der Waals surface area contributed by atoms with Crippen LogP contribution in [0.15, 0.2) is 49.8 Å². The molecule has 2 atom stereocenters. The van der Waals surface area contributed by atoms with Crippen molar-refractivity contribution >= 4 is 34.8 Å². The molecule has 0 fully saturated rings. The fourth-order valence-corrected chi connectivity index (χ4v) is 5.67. The van der Waals surface area contributed by atoms with Crippen molar-refractivity contribution in [2.75, 3.05) is 46.8 Å². The number of carbonyl (C=O) groups excluding carboxylic acids is 2. The lowest BCUT2D eigenvalue weighted by Gasteiger charge is -2.40. The fraction of sp³-hybridized carbons (Fsp3) is 0.484. The molecule has 2 aliphatic rings. The Morgan fingerprint density at radius 1 is 0.667 bits per heavy atom. The van der Waals surface area contributed by atoms with Gasteiger partial charge in [-0.25, -0.2) is 19.9 Å². The molecule has 0 saturated carbocycles. The van der Waals surface area contributed by atoms with Gasteiger partial charge < -0.3 is 19.6 Å². The summed E-state index contributed by atoms with van der Waals surface area (Å²) in [5, 5.41) is 0. The second-order valence-electron chi connectivity index (χ2n) is 11.5. The van der Waals surface area contributed by atoms with E-state index >= 15 is 0 Å². The van der Waals surface area contributed by atoms with Crippen LogP contribution in [0.2, 0.25) is 0 Å². The molecule has 0 N–H and O–H groups in total. The molecule has 20 heteroatoms. The summed E-state index contributed by atoms with van der Waals surface area (Å²) in [7, 11) is 3.15. The number of amides is 2. The molecule has 0 bridgehead atoms. The van der Waals surface area contributed by atoms with Crippen LogP contribution in [-0.4, -0.2) is 102 Å². The van der Waals surface area contributed by atoms with E-state index in [2.05, 4.69) is 29.9 Å². The van der Waals surface area contributed by atoms with Crippen LogP contribution in [0.3, 0.4) is 0 Å². The van der Waals surface area contributed by atoms with Crippen molar-refractivity contribution in [3.05, 3.63) is 49.8 Å². The molecular weight excluding hydrogens is 686 g/mol. The standard InChI is InChI=1S/2C15H17F3N6O.CH4/c2*1-3-10-13(25)22(2)11-8-20-14(23-7-5-19-9-23)21-12(11)24(10)6-4-15(16,17)18;/h2*5,7-10H,3-4,6H2,1-2H3;1H4/t2*10-;/m10./s1. The Morgan fingerprint density at radius 2 is 1.04 bits per heavy atom. The van der Waals surface area contributed by atoms with Gasteiger partial charge in [-0.1, -0.05) is 21.3 Å². The van der Waals surface area contributed by atoms with E-state index in [4.69, 9.17) is 0 Å². The van der Waals surface area contributed by atoms with E-state index in [1.54, 1.807) is 61.9 Å². The zero-order valence-electron chi connectivity index (χ0n) is 27.5. The van der Waals surface area contributed by atoms with Gasteiger partial charge in [0.1, 0.15) is 36.1 Å². The molecule has 0 unspecified atom stereocenters. The van der Waals surface area contributed by atoms with E-state index in [0.29, 0.717) is 35.9 Å². The van der Waals surface area contributed by atoms with Crippen LogP contribution in [-0.2, 0) is 9.59 Å². The topological polar surface area (TPSA) is 134 Å². The van der Waals surface area contributed by atoms with Gasteiger partial charge in [-0.15, -0.1) is 0 Å². The summed E-state index contributed by atoms with van der Waals surface area (Å²) in [6.45, 7) is 2.85. The lowest BCUT2D eigenvalue weighted by Crippen LogP contribution is -2.53. The Kier molecular flexibility index (Phi) is 11.5. The van der Waals surface area contributed by atoms with Gasteiger partial charge in [-0.2, -0.15) is 36.3 Å². The number of aromatic nitrogens is 8. The largest absolute Gasteiger partial charge is 0.390 e. The first-order valence-corrected chi connectivity index (χ1v) is 15.6. The predicted molar refractivity (Wildman–Crippen MR) is 176 cm³/mol. The van der Waals surface area contributed by atoms with Gasteiger partial charge in [0.25, 0.3) is 0 Å². The molecule has 0 saturated heterocycles. The number of fused-ring (bicyclic) bond motifs is 2. The Bertz CT molecular complexity index is 1650. The maximum Gasteiger partial charge on any atom is 0.390 e. The van der Waals surface area contributed by atoms with Gasteiger partial charge in [0, 0.05) is 52.0 Å². The summed E-state index contributed by atoms with van der Waals surface area (Å²) in [5.74, 6) is 0.665. The van der Waals surface area contributed by atoms with Gasteiger partial charge in [0.2, 0.25) is 23.7 Å². The number of imidazole rings is 2. The summed E-state index contributed by atoms with van der Waals surface area (Å²) in [6.07, 6.45) is 2.34. The van der Waals surface area contributed by atoms with Gasteiger partial charge in [0.15, 0.2) is 11.6 Å². The lowest BCUT2D eigenvalue weighted by molar-refractivity contribution is -0.134. The van der Waals surface area contributed by atoms with Crippen LogP contribution in [0.5, 0.6) is 0 Å². The number of halogens is 6. The van der Waals surface area contributed by atoms with Crippen LogP contribution in [0.4, 0.5) is 49.4 Å². The Morgan fingerprint density at radius 3 is 1.33 bits per heavy atom. The highest BCUT2D eigenvalue weighted by Crippen LogP contribution is 2.37. The third kappa shape index (κ3) is 8.37. The highest BCUT2D eigenvalue weighted by Gasteiger charge is 2.40. The van der Waals surface area contributed by atoms with Crippen LogP contribution in [0, 0.1) is 0 Å². The molecule has 0 aromatic carbocycles. The average Bonchev–Trinajstić information content (AvgIpc) is 3.81. The molecule has 4 aromatic heterocycles. The molecule has 0 aliphatic carbocycles. The molecule has 14 nitrogen and oxygen atoms in total. The molecule has 0 spiro atoms. The molecule has 2 amide bonds. The van der Waals surface area contributed by atoms with Crippen molar-refractivity contribution in [3.63, 3.8) is 0 Å². The first-order valence-electron chi connectivity index (χ1n) is 15.6. The van der Waals surface area contributed by atoms with Crippen LogP contribution in [0.1, 0.15) is 47.0 Å². The van der Waals surface area contributed by atoms with Gasteiger partial charge in [-0.05, 0) is 12.8 Å². The van der Waals surface area contributed by atoms with E-state index in [1.165, 1.54) is 44.6 Å². The zero-order chi connectivity index (χ0) is 36.4. The quantitative estimate of drug-likeness (QED) is 0.229. The SMILES string of the molecule is C.CC[C@@H]1C(=O)N(C)c2cnc(-n3ccnc3)nc2N1CCC(F)(F)F.CC[C@H]1C(=O)N(C)c2cnc(-n3ccnc3)nc2N1CCC(F)(F)F. The first-order chi connectivity index (χ1) is 23.6. The van der Waals surface area contributed by atoms with Crippen molar-refractivity contribution in [1.82, 2.24) is 39.0 Å². The third-order valence-electron chi connectivity index (χ3n) is 8.24. The van der Waals surface area contributed by atoms with E-state index in [0.717, 1.165) is 0 Å². The zero-order valence-corrected chi connectivity index (χ0v) is 27.5. The van der Waals surface area contributed by atoms with Crippen molar-refractivity contribution in [2.24, 2.45) is 0 Å². The second-order valence-corrected chi connectivity index (χ2v) is 11.5. The molecule has 0 radical (unpaired) electrons. The minimum absolute atomic E-state index is 0. The molecule has 6 rings (SSSR count). The molecule has 276 valence electrons. The minimum Gasteiger partial charge on any atom is -0.342 e. The number of alkyl halides is 6. The maximum absolute atomic E-state index is 12.7. The van der Waals surface area contributed by atoms with Crippen LogP contribution < -0.4 is 19.6 Å². The number of hydrogen-bond donors (Lipinski definition) is 0. The monoisotopic (exact) mass is 724 g/mol. The third-order valence-corrected chi connectivity index (χ3v) is 8.24. The summed E-state index contributed by atoms with van der Waals surface area (Å²) in [6, 6.07) is -1.38. The number of likely N-dealkylation sites (N-methyl/N-ethyl adjacent to an activating group) is 2. The summed E-state index contributed by atoms with van der Waals surface area (Å²) in [4.78, 5) is 55.6. The summed E-state index contributed by atoms with van der Waals surface area (Å²) < 4.78 is 79.5. The van der Waals surface area contributed by atoms with Gasteiger partial charge in [0.05, 0.1) is 25.2 Å². The number of anilines is 4. The molecule has 2 aliphatic heterocycles. The fourth-order valence-electron chi connectivity index (χ4n) is 5.67. The smallest absolute Gasteiger partial charge is 0.342 e. The molecule has 4 aromatic rings. The van der Waals surface area contributed by atoms with Crippen LogP contribution in [0.25, 0.3) is 11.9 Å². The minimum atomic E-state index is -4.31. The van der Waals surface area contributed by atoms with Crippen molar-refractivity contribution in [1.29, 1.82) is 0 Å². The van der Waals surface area contributed by atoms with Crippen molar-refractivity contribution < 1.29 is 35.9 Å². The Labute approximate surface area is 289 Å². The first kappa shape index (κ1) is 38.5. The van der Waals surface area contributed by atoms with Gasteiger partial charge >= 0.3 is 12.4 Å². The van der Waals surface area contributed by atoms with E-state index in [9.17, 15) is 35.9 Å². The van der Waals surface area contributed by atoms with E-state index < -0.39 is 37.3 Å². The number of nitrogens with zero attached hydrogens (tertiary/aromatic N) is 12. The normalized spacial score (nSPS) is 17.5. The Balaban J connectivity index is 0.000000224. The van der Waals surface area contributed by atoms with Crippen molar-refractivity contribution in [3.8, 4) is 11.9 Å². The number of rotatable bonds is 8. The molecule has 51 heavy (non-hydrogen) atoms. The maximum atomic E-state index is 12.7. The van der Waals surface area contributed by atoms with Gasteiger partial charge in [-0.3, -0.25) is 18.7 Å². The van der Waals surface area contributed by atoms with E-state index in [1.807, 2.05) is 0 Å². The second kappa shape index (κ2) is 15.3. The Hall–Kier alpha value is -5.30. The summed E-state index contributed by atoms with van der Waals surface area (Å²) in [5.41, 5.74) is 0.779. The average molecular weight is 725 g/mol. The summed E-state index contributed by atoms with van der Waals surface area (Å²) >= 11 is 0. The predicted octanol–water partition coefficient (Wildman–Crippen LogP) is 4.99. The van der Waals surface area contributed by atoms with Crippen molar-refractivity contribution in [2.45, 2.75) is 71.4 Å². The highest BCUT2D eigenvalue weighted by molar-refractivity contribution is 6.05. The lowest BCUT2D eigenvalue weighted by atomic mass is 10.1. The molecular formula is C31H38F6N12O2. The molecule has 6 heterocycles. The van der Waals surface area contributed by atoms with Crippen LogP contribution >= 0.6 is 0 Å². The number of hydrogen-bond acceptors (Lipinski definition) is 10. The number of carbonyl (C=O) groups is 2. The van der Waals surface area contributed by atoms with E-state index in [-0.39, 0.29) is 44.2 Å².